The maximum Gasteiger partial charge on any atom is 0.301 e. The molecule has 1 atom stereocenters. The van der Waals surface area contributed by atoms with Crippen LogP contribution in [0.1, 0.15) is 33.9 Å². The van der Waals surface area contributed by atoms with Gasteiger partial charge in [0.1, 0.15) is 11.6 Å². The number of aromatic nitrogens is 2. The van der Waals surface area contributed by atoms with Gasteiger partial charge in [-0.2, -0.15) is 0 Å². The topological polar surface area (TPSA) is 127 Å². The molecule has 1 aromatic heterocycles. The van der Waals surface area contributed by atoms with Gasteiger partial charge in [0, 0.05) is 23.4 Å². The van der Waals surface area contributed by atoms with E-state index in [9.17, 15) is 29.2 Å². The Morgan fingerprint density at radius 1 is 1.10 bits per heavy atom. The second kappa shape index (κ2) is 11.0. The molecule has 1 fully saturated rings. The molecule has 0 spiro atoms. The predicted octanol–water partition coefficient (Wildman–Crippen LogP) is 6.12. The lowest BCUT2D eigenvalue weighted by molar-refractivity contribution is -0.384. The largest absolute Gasteiger partial charge is 0.507 e. The standard InChI is InChI=1S/C28H21FN4O5S2/c1-15-10-11-16(2)20(12-15)24(34)22-23(17-7-5-8-19(13-17)33(37)38)32(26(36)25(22)35)27-30-31-28(40-27)39-14-18-6-3-4-9-21(18)29/h3-13,23,34H,14H2,1-2H3/b24-22+. The first-order chi connectivity index (χ1) is 19.2. The van der Waals surface area contributed by atoms with E-state index in [2.05, 4.69) is 10.2 Å². The summed E-state index contributed by atoms with van der Waals surface area (Å²) in [5.74, 6) is -2.39. The quantitative estimate of drug-likeness (QED) is 0.0530. The van der Waals surface area contributed by atoms with E-state index in [0.29, 0.717) is 21.0 Å². The lowest BCUT2D eigenvalue weighted by Gasteiger charge is -2.22. The predicted molar refractivity (Wildman–Crippen MR) is 150 cm³/mol. The van der Waals surface area contributed by atoms with Gasteiger partial charge in [0.2, 0.25) is 5.13 Å². The Bertz CT molecular complexity index is 1700. The molecular weight excluding hydrogens is 555 g/mol. The van der Waals surface area contributed by atoms with Gasteiger partial charge in [-0.15, -0.1) is 10.2 Å². The number of thioether (sulfide) groups is 1. The van der Waals surface area contributed by atoms with Crippen LogP contribution in [0, 0.1) is 29.8 Å². The van der Waals surface area contributed by atoms with Crippen LogP contribution in [0.3, 0.4) is 0 Å². The number of non-ortho nitro benzene ring substituents is 1. The third-order valence-electron chi connectivity index (χ3n) is 6.40. The number of rotatable bonds is 7. The molecule has 4 aromatic rings. The van der Waals surface area contributed by atoms with Gasteiger partial charge in [0.15, 0.2) is 4.34 Å². The molecule has 0 radical (unpaired) electrons. The van der Waals surface area contributed by atoms with Gasteiger partial charge < -0.3 is 5.11 Å². The average Bonchev–Trinajstić information content (AvgIpc) is 3.51. The number of benzene rings is 3. The van der Waals surface area contributed by atoms with Crippen molar-refractivity contribution in [2.24, 2.45) is 0 Å². The number of nitro groups is 1. The molecule has 9 nitrogen and oxygen atoms in total. The van der Waals surface area contributed by atoms with Crippen molar-refractivity contribution in [3.8, 4) is 0 Å². The van der Waals surface area contributed by atoms with Crippen LogP contribution in [0.5, 0.6) is 0 Å². The maximum atomic E-state index is 14.1. The van der Waals surface area contributed by atoms with Crippen molar-refractivity contribution in [2.45, 2.75) is 30.0 Å². The van der Waals surface area contributed by atoms with Crippen molar-refractivity contribution in [3.05, 3.63) is 116 Å². The smallest absolute Gasteiger partial charge is 0.301 e. The molecule has 0 aliphatic carbocycles. The van der Waals surface area contributed by atoms with Crippen LogP contribution in [0.15, 0.2) is 76.6 Å². The van der Waals surface area contributed by atoms with Crippen molar-refractivity contribution >= 4 is 51.4 Å². The third kappa shape index (κ3) is 5.10. The molecule has 0 saturated carbocycles. The minimum atomic E-state index is -1.20. The molecule has 1 N–H and O–H groups in total. The number of carbonyl (C=O) groups excluding carboxylic acids is 2. The third-order valence-corrected chi connectivity index (χ3v) is 8.50. The highest BCUT2D eigenvalue weighted by Gasteiger charge is 2.48. The zero-order valence-corrected chi connectivity index (χ0v) is 22.8. The number of nitro benzene ring substituents is 1. The first-order valence-electron chi connectivity index (χ1n) is 12.0. The van der Waals surface area contributed by atoms with Crippen molar-refractivity contribution in [2.75, 3.05) is 4.90 Å². The van der Waals surface area contributed by atoms with Crippen LogP contribution in [-0.4, -0.2) is 31.9 Å². The number of nitrogens with zero attached hydrogens (tertiary/aromatic N) is 4. The van der Waals surface area contributed by atoms with E-state index in [-0.39, 0.29) is 33.5 Å². The van der Waals surface area contributed by atoms with E-state index in [1.54, 1.807) is 43.3 Å². The minimum absolute atomic E-state index is 0.0645. The molecule has 2 heterocycles. The van der Waals surface area contributed by atoms with Gasteiger partial charge in [-0.25, -0.2) is 4.39 Å². The first kappa shape index (κ1) is 27.2. The van der Waals surface area contributed by atoms with E-state index in [1.807, 2.05) is 13.0 Å². The van der Waals surface area contributed by atoms with E-state index < -0.39 is 28.4 Å². The van der Waals surface area contributed by atoms with Gasteiger partial charge in [-0.05, 0) is 42.7 Å². The van der Waals surface area contributed by atoms with Gasteiger partial charge >= 0.3 is 5.91 Å². The Hall–Kier alpha value is -4.42. The molecule has 1 unspecified atom stereocenters. The number of aryl methyl sites for hydroxylation is 2. The Balaban J connectivity index is 1.60. The lowest BCUT2D eigenvalue weighted by atomic mass is 9.93. The summed E-state index contributed by atoms with van der Waals surface area (Å²) in [4.78, 5) is 38.9. The fraction of sp³-hybridized carbons (Fsp3) is 0.143. The van der Waals surface area contributed by atoms with Crippen LogP contribution in [0.2, 0.25) is 0 Å². The molecule has 0 bridgehead atoms. The first-order valence-corrected chi connectivity index (χ1v) is 13.8. The van der Waals surface area contributed by atoms with Gasteiger partial charge in [0.25, 0.3) is 11.5 Å². The van der Waals surface area contributed by atoms with Crippen molar-refractivity contribution in [1.82, 2.24) is 10.2 Å². The van der Waals surface area contributed by atoms with Crippen LogP contribution >= 0.6 is 23.1 Å². The molecule has 202 valence electrons. The Kier molecular flexibility index (Phi) is 7.46. The van der Waals surface area contributed by atoms with Gasteiger partial charge in [0.05, 0.1) is 16.5 Å². The molecule has 1 saturated heterocycles. The maximum absolute atomic E-state index is 14.1. The molecule has 3 aromatic carbocycles. The van der Waals surface area contributed by atoms with E-state index >= 15 is 0 Å². The molecule has 1 aliphatic heterocycles. The zero-order chi connectivity index (χ0) is 28.6. The van der Waals surface area contributed by atoms with E-state index in [4.69, 9.17) is 0 Å². The number of ketones is 1. The SMILES string of the molecule is Cc1ccc(C)c(/C(O)=C2\C(=O)C(=O)N(c3nnc(SCc4ccccc4F)s3)C2c2cccc([N+](=O)[O-])c2)c1. The normalized spacial score (nSPS) is 16.5. The van der Waals surface area contributed by atoms with Gasteiger partial charge in [-0.3, -0.25) is 24.6 Å². The van der Waals surface area contributed by atoms with E-state index in [1.165, 1.54) is 36.0 Å². The Labute approximate surface area is 236 Å². The molecule has 40 heavy (non-hydrogen) atoms. The number of hydrogen-bond acceptors (Lipinski definition) is 9. The average molecular weight is 577 g/mol. The number of hydrogen-bond donors (Lipinski definition) is 1. The van der Waals surface area contributed by atoms with Gasteiger partial charge in [-0.1, -0.05) is 71.1 Å². The summed E-state index contributed by atoms with van der Waals surface area (Å²) in [5.41, 5.74) is 2.13. The fourth-order valence-electron chi connectivity index (χ4n) is 4.40. The molecule has 1 aliphatic rings. The highest BCUT2D eigenvalue weighted by molar-refractivity contribution is 8.00. The number of aliphatic hydroxyl groups is 1. The van der Waals surface area contributed by atoms with Crippen molar-refractivity contribution in [1.29, 1.82) is 0 Å². The number of amides is 1. The summed E-state index contributed by atoms with van der Waals surface area (Å²) >= 11 is 2.23. The van der Waals surface area contributed by atoms with Crippen LogP contribution in [0.25, 0.3) is 5.76 Å². The highest BCUT2D eigenvalue weighted by atomic mass is 32.2. The van der Waals surface area contributed by atoms with Crippen LogP contribution < -0.4 is 4.90 Å². The van der Waals surface area contributed by atoms with Crippen LogP contribution in [-0.2, 0) is 15.3 Å². The fourth-order valence-corrected chi connectivity index (χ4v) is 6.26. The summed E-state index contributed by atoms with van der Waals surface area (Å²) in [6, 6.07) is 16.0. The van der Waals surface area contributed by atoms with Crippen molar-refractivity contribution < 1.29 is 24.0 Å². The summed E-state index contributed by atoms with van der Waals surface area (Å²) in [6.45, 7) is 3.59. The van der Waals surface area contributed by atoms with Crippen molar-refractivity contribution in [3.63, 3.8) is 0 Å². The second-order valence-electron chi connectivity index (χ2n) is 9.07. The molecule has 1 amide bonds. The number of halogens is 1. The van der Waals surface area contributed by atoms with E-state index in [0.717, 1.165) is 21.8 Å². The molecule has 5 rings (SSSR count). The number of aliphatic hydroxyl groups excluding tert-OH is 1. The monoisotopic (exact) mass is 576 g/mol. The van der Waals surface area contributed by atoms with Crippen LogP contribution in [0.4, 0.5) is 15.2 Å². The Morgan fingerprint density at radius 2 is 1.88 bits per heavy atom. The Morgan fingerprint density at radius 3 is 2.62 bits per heavy atom. The lowest BCUT2D eigenvalue weighted by Crippen LogP contribution is -2.29. The highest BCUT2D eigenvalue weighted by Crippen LogP contribution is 2.45. The summed E-state index contributed by atoms with van der Waals surface area (Å²) in [5, 5.41) is 31.2. The molecular formula is C28H21FN4O5S2. The number of Topliss-reactive ketones (excluding diaryl/α,β-unsaturated/α-hetero) is 1. The number of carbonyl (C=O) groups is 2. The summed E-state index contributed by atoms with van der Waals surface area (Å²) < 4.78 is 14.5. The number of anilines is 1. The minimum Gasteiger partial charge on any atom is -0.507 e. The summed E-state index contributed by atoms with van der Waals surface area (Å²) in [6.07, 6.45) is 0. The summed E-state index contributed by atoms with van der Waals surface area (Å²) in [7, 11) is 0. The second-order valence-corrected chi connectivity index (χ2v) is 11.2. The zero-order valence-electron chi connectivity index (χ0n) is 21.2. The molecule has 12 heteroatoms.